The van der Waals surface area contributed by atoms with Gasteiger partial charge in [-0.05, 0) is 81.3 Å². The van der Waals surface area contributed by atoms with Crippen molar-refractivity contribution in [2.75, 3.05) is 0 Å². The molecule has 3 nitrogen and oxygen atoms in total. The molecule has 1 aromatic heterocycles. The maximum Gasteiger partial charge on any atom is 0.131 e. The van der Waals surface area contributed by atoms with Gasteiger partial charge in [-0.15, -0.1) is 0 Å². The summed E-state index contributed by atoms with van der Waals surface area (Å²) in [6.07, 6.45) is 18.7. The molecule has 0 saturated heterocycles. The third kappa shape index (κ3) is 5.95. The van der Waals surface area contributed by atoms with E-state index >= 15 is 0 Å². The summed E-state index contributed by atoms with van der Waals surface area (Å²) >= 11 is 0. The van der Waals surface area contributed by atoms with E-state index in [-0.39, 0.29) is 11.3 Å². The number of amidine groups is 1. The number of aromatic nitrogens is 1. The van der Waals surface area contributed by atoms with E-state index in [1.54, 1.807) is 0 Å². The molecule has 0 amide bonds. The summed E-state index contributed by atoms with van der Waals surface area (Å²) in [6.45, 7) is 4.70. The Labute approximate surface area is 334 Å². The highest BCUT2D eigenvalue weighted by Gasteiger charge is 2.36. The molecule has 3 aliphatic rings. The standard InChI is InChI=1S/C54H43N3/c1-54(2)48-26-13-11-23-43(48)46-25-15-19-36(52(46)54)29-32-49(56-53(55)37-16-5-3-6-17-37)44-31-28-38(34-40-18-9-10-22-42(40)44)39-30-33-51-47(35-39)45-24-12-14-27-50(45)57(51)41-20-7-4-8-21-41/h3-28,30-35,40H,29H2,1-2H3,(H2,55,56)/b49-32-. The predicted molar refractivity (Wildman–Crippen MR) is 240 cm³/mol. The highest BCUT2D eigenvalue weighted by atomic mass is 15.0. The van der Waals surface area contributed by atoms with Crippen molar-refractivity contribution in [2.45, 2.75) is 25.7 Å². The minimum Gasteiger partial charge on any atom is -0.383 e. The summed E-state index contributed by atoms with van der Waals surface area (Å²) in [7, 11) is 0. The Kier molecular flexibility index (Phi) is 8.45. The van der Waals surface area contributed by atoms with Gasteiger partial charge in [0.2, 0.25) is 0 Å². The summed E-state index contributed by atoms with van der Waals surface area (Å²) in [6, 6.07) is 51.9. The van der Waals surface area contributed by atoms with Crippen LogP contribution in [0.25, 0.3) is 44.2 Å². The molecule has 0 radical (unpaired) electrons. The smallest absolute Gasteiger partial charge is 0.131 e. The van der Waals surface area contributed by atoms with Crippen LogP contribution in [0, 0.1) is 5.92 Å². The van der Waals surface area contributed by atoms with Crippen LogP contribution in [0.3, 0.4) is 0 Å². The van der Waals surface area contributed by atoms with Gasteiger partial charge >= 0.3 is 0 Å². The maximum absolute atomic E-state index is 6.85. The van der Waals surface area contributed by atoms with Crippen molar-refractivity contribution in [3.8, 4) is 16.8 Å². The number of allylic oxidation sites excluding steroid dienone is 10. The van der Waals surface area contributed by atoms with E-state index in [9.17, 15) is 0 Å². The highest BCUT2D eigenvalue weighted by molar-refractivity contribution is 6.10. The van der Waals surface area contributed by atoms with Crippen molar-refractivity contribution in [3.63, 3.8) is 0 Å². The zero-order valence-corrected chi connectivity index (χ0v) is 32.2. The topological polar surface area (TPSA) is 43.3 Å². The minimum atomic E-state index is -0.109. The third-order valence-corrected chi connectivity index (χ3v) is 12.0. The largest absolute Gasteiger partial charge is 0.383 e. The zero-order chi connectivity index (χ0) is 38.5. The van der Waals surface area contributed by atoms with Gasteiger partial charge in [-0.2, -0.15) is 0 Å². The molecule has 274 valence electrons. The number of hydrogen-bond acceptors (Lipinski definition) is 1. The quantitative estimate of drug-likeness (QED) is 0.129. The first-order valence-electron chi connectivity index (χ1n) is 19.9. The normalized spacial score (nSPS) is 17.1. The van der Waals surface area contributed by atoms with E-state index in [2.05, 4.69) is 182 Å². The molecule has 7 aromatic rings. The van der Waals surface area contributed by atoms with E-state index in [1.807, 2.05) is 30.3 Å². The highest BCUT2D eigenvalue weighted by Crippen LogP contribution is 2.50. The first-order valence-corrected chi connectivity index (χ1v) is 19.9. The third-order valence-electron chi connectivity index (χ3n) is 12.0. The molecule has 6 aromatic carbocycles. The molecule has 0 spiro atoms. The van der Waals surface area contributed by atoms with Crippen molar-refractivity contribution < 1.29 is 0 Å². The molecule has 1 heterocycles. The maximum atomic E-state index is 6.85. The van der Waals surface area contributed by atoms with Crippen molar-refractivity contribution >= 4 is 33.2 Å². The van der Waals surface area contributed by atoms with Gasteiger partial charge in [0.25, 0.3) is 0 Å². The van der Waals surface area contributed by atoms with Crippen molar-refractivity contribution in [1.29, 1.82) is 0 Å². The second-order valence-electron chi connectivity index (χ2n) is 15.7. The molecule has 0 saturated carbocycles. The van der Waals surface area contributed by atoms with Crippen LogP contribution >= 0.6 is 0 Å². The molecule has 10 rings (SSSR count). The molecule has 1 atom stereocenters. The summed E-state index contributed by atoms with van der Waals surface area (Å²) in [5.74, 6) is 0.557. The van der Waals surface area contributed by atoms with Crippen LogP contribution in [0.15, 0.2) is 216 Å². The van der Waals surface area contributed by atoms with Gasteiger partial charge in [0.1, 0.15) is 5.84 Å². The number of fused-ring (bicyclic) bond motifs is 7. The number of rotatable bonds is 7. The van der Waals surface area contributed by atoms with Crippen molar-refractivity contribution in [2.24, 2.45) is 16.6 Å². The second kappa shape index (κ2) is 14.0. The first kappa shape index (κ1) is 34.5. The van der Waals surface area contributed by atoms with Crippen LogP contribution < -0.4 is 5.73 Å². The van der Waals surface area contributed by atoms with Crippen LogP contribution in [0.1, 0.15) is 41.7 Å². The van der Waals surface area contributed by atoms with Crippen molar-refractivity contribution in [3.05, 3.63) is 239 Å². The molecule has 1 unspecified atom stereocenters. The number of nitrogens with zero attached hydrogens (tertiary/aromatic N) is 2. The molecule has 2 N–H and O–H groups in total. The van der Waals surface area contributed by atoms with E-state index in [1.165, 1.54) is 66.3 Å². The van der Waals surface area contributed by atoms with Gasteiger partial charge in [0, 0.05) is 38.9 Å². The number of para-hydroxylation sites is 2. The fourth-order valence-corrected chi connectivity index (χ4v) is 9.28. The Morgan fingerprint density at radius 3 is 2.30 bits per heavy atom. The Morgan fingerprint density at radius 2 is 1.44 bits per heavy atom. The minimum absolute atomic E-state index is 0.0577. The lowest BCUT2D eigenvalue weighted by atomic mass is 9.79. The Morgan fingerprint density at radius 1 is 0.702 bits per heavy atom. The fraction of sp³-hybridized carbons (Fsp3) is 0.0926. The lowest BCUT2D eigenvalue weighted by molar-refractivity contribution is 0.653. The van der Waals surface area contributed by atoms with E-state index in [0.717, 1.165) is 28.9 Å². The lowest BCUT2D eigenvalue weighted by Gasteiger charge is -2.24. The number of nitrogens with two attached hydrogens (primary N) is 1. The SMILES string of the molecule is CC1(C)c2ccccc2-c2cccc(C/C=C(\N=C(N)c3ccccc3)C3=C4C=CC=CC4C=C(c4ccc5c(c4)c4ccccc4n5-c4ccccc4)C=C3)c21. The Bertz CT molecular complexity index is 2940. The molecular formula is C54H43N3. The van der Waals surface area contributed by atoms with Crippen LogP contribution in [0.4, 0.5) is 0 Å². The van der Waals surface area contributed by atoms with E-state index in [0.29, 0.717) is 5.84 Å². The second-order valence-corrected chi connectivity index (χ2v) is 15.7. The van der Waals surface area contributed by atoms with Crippen LogP contribution in [-0.4, -0.2) is 10.4 Å². The van der Waals surface area contributed by atoms with Crippen LogP contribution in [0.5, 0.6) is 0 Å². The summed E-state index contributed by atoms with van der Waals surface area (Å²) in [4.78, 5) is 5.25. The monoisotopic (exact) mass is 733 g/mol. The average Bonchev–Trinajstić information content (AvgIpc) is 3.61. The summed E-state index contributed by atoms with van der Waals surface area (Å²) in [5.41, 5.74) is 23.4. The van der Waals surface area contributed by atoms with Gasteiger partial charge < -0.3 is 10.3 Å². The Hall–Kier alpha value is -6.97. The van der Waals surface area contributed by atoms with Gasteiger partial charge in [-0.3, -0.25) is 0 Å². The van der Waals surface area contributed by atoms with Crippen LogP contribution in [-0.2, 0) is 11.8 Å². The summed E-state index contributed by atoms with van der Waals surface area (Å²) in [5, 5.41) is 2.48. The predicted octanol–water partition coefficient (Wildman–Crippen LogP) is 12.6. The fourth-order valence-electron chi connectivity index (χ4n) is 9.28. The lowest BCUT2D eigenvalue weighted by Crippen LogP contribution is -2.17. The van der Waals surface area contributed by atoms with E-state index < -0.39 is 0 Å². The Balaban J connectivity index is 1.09. The van der Waals surface area contributed by atoms with E-state index in [4.69, 9.17) is 10.7 Å². The number of benzene rings is 6. The van der Waals surface area contributed by atoms with Gasteiger partial charge in [0.05, 0.1) is 16.7 Å². The summed E-state index contributed by atoms with van der Waals surface area (Å²) < 4.78 is 2.37. The van der Waals surface area contributed by atoms with Gasteiger partial charge in [0.15, 0.2) is 0 Å². The number of hydrogen-bond donors (Lipinski definition) is 1. The first-order chi connectivity index (χ1) is 28.0. The molecule has 0 bridgehead atoms. The average molecular weight is 734 g/mol. The molecule has 3 aliphatic carbocycles. The molecular weight excluding hydrogens is 691 g/mol. The molecule has 3 heteroatoms. The molecule has 0 aliphatic heterocycles. The zero-order valence-electron chi connectivity index (χ0n) is 32.2. The molecule has 0 fully saturated rings. The molecule has 57 heavy (non-hydrogen) atoms. The van der Waals surface area contributed by atoms with Crippen LogP contribution in [0.2, 0.25) is 0 Å². The van der Waals surface area contributed by atoms with Gasteiger partial charge in [-0.25, -0.2) is 4.99 Å². The number of aliphatic imine (C=N–C) groups is 1. The van der Waals surface area contributed by atoms with Gasteiger partial charge in [-0.1, -0.05) is 178 Å². The van der Waals surface area contributed by atoms with Crippen molar-refractivity contribution in [1.82, 2.24) is 4.57 Å².